The molecule has 4 heteroatoms. The SMILES string of the molecule is COc1ccccc1-c1cc(C(=O)N[C@H](C)c2ccc(C(C)(C)C)cc2)c2ccccc2n1. The Morgan fingerprint density at radius 2 is 1.61 bits per heavy atom. The van der Waals surface area contributed by atoms with Gasteiger partial charge in [0.15, 0.2) is 0 Å². The Morgan fingerprint density at radius 3 is 2.30 bits per heavy atom. The van der Waals surface area contributed by atoms with Gasteiger partial charge in [-0.15, -0.1) is 0 Å². The summed E-state index contributed by atoms with van der Waals surface area (Å²) in [7, 11) is 1.64. The van der Waals surface area contributed by atoms with Crippen LogP contribution in [0.1, 0.15) is 55.2 Å². The molecule has 168 valence electrons. The van der Waals surface area contributed by atoms with E-state index >= 15 is 0 Å². The molecule has 4 rings (SSSR count). The first-order chi connectivity index (χ1) is 15.8. The number of carbonyl (C=O) groups excluding carboxylic acids is 1. The second-order valence-corrected chi connectivity index (χ2v) is 9.34. The largest absolute Gasteiger partial charge is 0.496 e. The van der Waals surface area contributed by atoms with Crippen molar-refractivity contribution < 1.29 is 9.53 Å². The Kier molecular flexibility index (Phi) is 6.19. The summed E-state index contributed by atoms with van der Waals surface area (Å²) in [6, 6.07) is 25.6. The highest BCUT2D eigenvalue weighted by Gasteiger charge is 2.19. The molecule has 33 heavy (non-hydrogen) atoms. The summed E-state index contributed by atoms with van der Waals surface area (Å²) < 4.78 is 5.53. The van der Waals surface area contributed by atoms with Crippen molar-refractivity contribution in [3.05, 3.63) is 95.6 Å². The zero-order valence-corrected chi connectivity index (χ0v) is 19.8. The lowest BCUT2D eigenvalue weighted by atomic mass is 9.86. The fourth-order valence-electron chi connectivity index (χ4n) is 3.99. The third-order valence-electron chi connectivity index (χ3n) is 5.97. The van der Waals surface area contributed by atoms with Crippen molar-refractivity contribution in [2.24, 2.45) is 0 Å². The quantitative estimate of drug-likeness (QED) is 0.377. The van der Waals surface area contributed by atoms with Gasteiger partial charge in [0.05, 0.1) is 29.9 Å². The molecule has 1 heterocycles. The Labute approximate surface area is 195 Å². The van der Waals surface area contributed by atoms with Crippen molar-refractivity contribution in [3.63, 3.8) is 0 Å². The van der Waals surface area contributed by atoms with E-state index in [-0.39, 0.29) is 17.4 Å². The topological polar surface area (TPSA) is 51.2 Å². The van der Waals surface area contributed by atoms with E-state index in [1.807, 2.05) is 61.5 Å². The Balaban J connectivity index is 1.69. The minimum absolute atomic E-state index is 0.0931. The molecule has 0 saturated heterocycles. The number of rotatable bonds is 5. The van der Waals surface area contributed by atoms with E-state index in [4.69, 9.17) is 9.72 Å². The molecule has 0 fully saturated rings. The normalized spacial score (nSPS) is 12.4. The average molecular weight is 439 g/mol. The second kappa shape index (κ2) is 9.07. The van der Waals surface area contributed by atoms with Crippen molar-refractivity contribution in [1.29, 1.82) is 0 Å². The van der Waals surface area contributed by atoms with Crippen molar-refractivity contribution in [2.75, 3.05) is 7.11 Å². The van der Waals surface area contributed by atoms with Crippen LogP contribution in [0.2, 0.25) is 0 Å². The fraction of sp³-hybridized carbons (Fsp3) is 0.241. The Morgan fingerprint density at radius 1 is 0.939 bits per heavy atom. The maximum atomic E-state index is 13.4. The number of nitrogens with zero attached hydrogens (tertiary/aromatic N) is 1. The van der Waals surface area contributed by atoms with Gasteiger partial charge in [0.25, 0.3) is 5.91 Å². The summed E-state index contributed by atoms with van der Waals surface area (Å²) >= 11 is 0. The summed E-state index contributed by atoms with van der Waals surface area (Å²) in [6.45, 7) is 8.59. The molecule has 1 amide bonds. The number of ether oxygens (including phenoxy) is 1. The molecular weight excluding hydrogens is 408 g/mol. The lowest BCUT2D eigenvalue weighted by Gasteiger charge is -2.21. The highest BCUT2D eigenvalue weighted by Crippen LogP contribution is 2.31. The predicted molar refractivity (Wildman–Crippen MR) is 135 cm³/mol. The molecule has 4 aromatic rings. The average Bonchev–Trinajstić information content (AvgIpc) is 2.82. The summed E-state index contributed by atoms with van der Waals surface area (Å²) in [5.74, 6) is 0.594. The zero-order chi connectivity index (χ0) is 23.6. The van der Waals surface area contributed by atoms with E-state index in [9.17, 15) is 4.79 Å². The molecule has 0 bridgehead atoms. The van der Waals surface area contributed by atoms with Gasteiger partial charge in [0.2, 0.25) is 0 Å². The van der Waals surface area contributed by atoms with Gasteiger partial charge in [-0.05, 0) is 47.7 Å². The van der Waals surface area contributed by atoms with Crippen molar-refractivity contribution in [1.82, 2.24) is 10.3 Å². The summed E-state index contributed by atoms with van der Waals surface area (Å²) in [5, 5.41) is 4.00. The molecule has 0 aliphatic carbocycles. The van der Waals surface area contributed by atoms with E-state index in [0.29, 0.717) is 11.3 Å². The van der Waals surface area contributed by atoms with Crippen LogP contribution in [0, 0.1) is 0 Å². The van der Waals surface area contributed by atoms with Crippen LogP contribution in [-0.2, 0) is 5.41 Å². The lowest BCUT2D eigenvalue weighted by Crippen LogP contribution is -2.27. The smallest absolute Gasteiger partial charge is 0.252 e. The van der Waals surface area contributed by atoms with E-state index in [0.717, 1.165) is 27.8 Å². The third kappa shape index (κ3) is 4.75. The number of methoxy groups -OCH3 is 1. The number of fused-ring (bicyclic) bond motifs is 1. The third-order valence-corrected chi connectivity index (χ3v) is 5.97. The fourth-order valence-corrected chi connectivity index (χ4v) is 3.99. The van der Waals surface area contributed by atoms with Crippen molar-refractivity contribution in [3.8, 4) is 17.0 Å². The van der Waals surface area contributed by atoms with Gasteiger partial charge in [-0.25, -0.2) is 4.98 Å². The molecule has 0 aliphatic heterocycles. The summed E-state index contributed by atoms with van der Waals surface area (Å²) in [6.07, 6.45) is 0. The van der Waals surface area contributed by atoms with Crippen LogP contribution >= 0.6 is 0 Å². The molecule has 4 nitrogen and oxygen atoms in total. The van der Waals surface area contributed by atoms with Crippen molar-refractivity contribution >= 4 is 16.8 Å². The predicted octanol–water partition coefficient (Wildman–Crippen LogP) is 6.70. The maximum Gasteiger partial charge on any atom is 0.252 e. The second-order valence-electron chi connectivity index (χ2n) is 9.34. The van der Waals surface area contributed by atoms with Crippen molar-refractivity contribution in [2.45, 2.75) is 39.2 Å². The van der Waals surface area contributed by atoms with Crippen LogP contribution in [0.5, 0.6) is 5.75 Å². The highest BCUT2D eigenvalue weighted by molar-refractivity contribution is 6.07. The molecule has 0 saturated carbocycles. The van der Waals surface area contributed by atoms with E-state index in [1.54, 1.807) is 7.11 Å². The van der Waals surface area contributed by atoms with Gasteiger partial charge in [-0.3, -0.25) is 4.79 Å². The molecule has 3 aromatic carbocycles. The van der Waals surface area contributed by atoms with Crippen LogP contribution in [0.15, 0.2) is 78.9 Å². The number of hydrogen-bond acceptors (Lipinski definition) is 3. The van der Waals surface area contributed by atoms with E-state index in [1.165, 1.54) is 5.56 Å². The molecule has 1 N–H and O–H groups in total. The molecule has 0 spiro atoms. The number of para-hydroxylation sites is 2. The monoisotopic (exact) mass is 438 g/mol. The van der Waals surface area contributed by atoms with Gasteiger partial charge in [0, 0.05) is 10.9 Å². The van der Waals surface area contributed by atoms with E-state index in [2.05, 4.69) is 50.4 Å². The molecule has 0 radical (unpaired) electrons. The van der Waals surface area contributed by atoms with Crippen LogP contribution in [0.3, 0.4) is 0 Å². The highest BCUT2D eigenvalue weighted by atomic mass is 16.5. The molecule has 1 aromatic heterocycles. The molecule has 0 unspecified atom stereocenters. The number of pyridine rings is 1. The Hall–Kier alpha value is -3.66. The minimum atomic E-state index is -0.131. The zero-order valence-electron chi connectivity index (χ0n) is 19.8. The van der Waals surface area contributed by atoms with Crippen LogP contribution in [-0.4, -0.2) is 18.0 Å². The number of aromatic nitrogens is 1. The van der Waals surface area contributed by atoms with Gasteiger partial charge >= 0.3 is 0 Å². The first-order valence-corrected chi connectivity index (χ1v) is 11.2. The van der Waals surface area contributed by atoms with E-state index < -0.39 is 0 Å². The standard InChI is InChI=1S/C29H30N2O2/c1-19(20-14-16-21(17-15-20)29(2,3)4)30-28(32)24-18-26(23-11-7-9-13-27(23)33-5)31-25-12-8-6-10-22(24)25/h6-19H,1-5H3,(H,30,32)/t19-/m1/s1. The summed E-state index contributed by atoms with van der Waals surface area (Å²) in [4.78, 5) is 18.2. The van der Waals surface area contributed by atoms with Gasteiger partial charge < -0.3 is 10.1 Å². The van der Waals surface area contributed by atoms with Crippen LogP contribution in [0.25, 0.3) is 22.2 Å². The number of nitrogens with one attached hydrogen (secondary N) is 1. The van der Waals surface area contributed by atoms with Gasteiger partial charge in [-0.1, -0.05) is 75.4 Å². The molecule has 0 aliphatic rings. The molecular formula is C29H30N2O2. The van der Waals surface area contributed by atoms with Crippen LogP contribution < -0.4 is 10.1 Å². The Bertz CT molecular complexity index is 1290. The van der Waals surface area contributed by atoms with Crippen LogP contribution in [0.4, 0.5) is 0 Å². The number of benzene rings is 3. The summed E-state index contributed by atoms with van der Waals surface area (Å²) in [5.41, 5.74) is 5.36. The first-order valence-electron chi connectivity index (χ1n) is 11.2. The maximum absolute atomic E-state index is 13.4. The number of hydrogen-bond donors (Lipinski definition) is 1. The van der Waals surface area contributed by atoms with Gasteiger partial charge in [0.1, 0.15) is 5.75 Å². The number of carbonyl (C=O) groups is 1. The minimum Gasteiger partial charge on any atom is -0.496 e. The first kappa shape index (κ1) is 22.5. The van der Waals surface area contributed by atoms with Gasteiger partial charge in [-0.2, -0.15) is 0 Å². The lowest BCUT2D eigenvalue weighted by molar-refractivity contribution is 0.0941. The molecule has 1 atom stereocenters. The number of amides is 1.